The van der Waals surface area contributed by atoms with Crippen LogP contribution in [0.5, 0.6) is 0 Å². The molecule has 0 heterocycles. The van der Waals surface area contributed by atoms with Crippen LogP contribution in [0.3, 0.4) is 0 Å². The maximum atomic E-state index is 12.8. The van der Waals surface area contributed by atoms with Gasteiger partial charge in [-0.2, -0.15) is 0 Å². The van der Waals surface area contributed by atoms with Crippen LogP contribution >= 0.6 is 0 Å². The zero-order valence-corrected chi connectivity index (χ0v) is 53.8. The molecular formula is C76H120O4. The molecule has 0 aromatic rings. The summed E-state index contributed by atoms with van der Waals surface area (Å²) in [7, 11) is 0. The smallest absolute Gasteiger partial charge is 0.306 e. The second-order valence-corrected chi connectivity index (χ2v) is 25.3. The first-order valence-corrected chi connectivity index (χ1v) is 32.6. The van der Waals surface area contributed by atoms with Gasteiger partial charge in [-0.1, -0.05) is 287 Å². The van der Waals surface area contributed by atoms with Gasteiger partial charge in [-0.25, -0.2) is 0 Å². The average Bonchev–Trinajstić information content (AvgIpc) is 3.40. The van der Waals surface area contributed by atoms with E-state index >= 15 is 0 Å². The molecule has 0 N–H and O–H groups in total. The van der Waals surface area contributed by atoms with Crippen molar-refractivity contribution in [2.45, 2.75) is 294 Å². The second kappa shape index (κ2) is 44.2. The zero-order valence-electron chi connectivity index (χ0n) is 53.8. The molecule has 0 aromatic heterocycles. The van der Waals surface area contributed by atoms with Crippen LogP contribution in [0.1, 0.15) is 282 Å². The second-order valence-electron chi connectivity index (χ2n) is 25.3. The molecule has 2 aliphatic carbocycles. The van der Waals surface area contributed by atoms with Crippen LogP contribution in [0.4, 0.5) is 0 Å². The van der Waals surface area contributed by atoms with Gasteiger partial charge in [-0.15, -0.1) is 0 Å². The van der Waals surface area contributed by atoms with Crippen molar-refractivity contribution in [3.8, 4) is 0 Å². The lowest BCUT2D eigenvalue weighted by Crippen LogP contribution is -2.34. The van der Waals surface area contributed by atoms with E-state index in [2.05, 4.69) is 199 Å². The lowest BCUT2D eigenvalue weighted by molar-refractivity contribution is -0.151. The van der Waals surface area contributed by atoms with Gasteiger partial charge in [0.2, 0.25) is 0 Å². The Morgan fingerprint density at radius 3 is 1.35 bits per heavy atom. The molecule has 0 radical (unpaired) electrons. The van der Waals surface area contributed by atoms with Gasteiger partial charge in [0.25, 0.3) is 0 Å². The minimum atomic E-state index is -0.152. The Morgan fingerprint density at radius 1 is 0.500 bits per heavy atom. The molecule has 4 heteroatoms. The van der Waals surface area contributed by atoms with Crippen molar-refractivity contribution in [1.82, 2.24) is 0 Å². The fourth-order valence-electron chi connectivity index (χ4n) is 11.4. The van der Waals surface area contributed by atoms with Crippen molar-refractivity contribution >= 4 is 11.9 Å². The monoisotopic (exact) mass is 1100 g/mol. The summed E-state index contributed by atoms with van der Waals surface area (Å²) in [6, 6.07) is 0. The molecule has 0 saturated heterocycles. The first kappa shape index (κ1) is 71.7. The van der Waals surface area contributed by atoms with E-state index in [9.17, 15) is 9.59 Å². The van der Waals surface area contributed by atoms with E-state index < -0.39 is 0 Å². The van der Waals surface area contributed by atoms with Crippen LogP contribution in [0, 0.1) is 16.7 Å². The van der Waals surface area contributed by atoms with Crippen LogP contribution in [0.2, 0.25) is 0 Å². The van der Waals surface area contributed by atoms with Gasteiger partial charge < -0.3 is 9.47 Å². The lowest BCUT2D eigenvalue weighted by atomic mass is 9.67. The summed E-state index contributed by atoms with van der Waals surface area (Å²) in [6.07, 6.45) is 77.9. The van der Waals surface area contributed by atoms with Crippen LogP contribution in [0.15, 0.2) is 154 Å². The Labute approximate surface area is 494 Å². The summed E-state index contributed by atoms with van der Waals surface area (Å²) < 4.78 is 12.0. The maximum absolute atomic E-state index is 12.8. The Hall–Kier alpha value is -4.44. The number of hydrogen-bond donors (Lipinski definition) is 0. The molecule has 0 bridgehead atoms. The van der Waals surface area contributed by atoms with Crippen LogP contribution in [-0.2, 0) is 19.1 Å². The molecule has 448 valence electrons. The number of unbranched alkanes of at least 4 members (excludes halogenated alkanes) is 22. The standard InChI is InChI=1S/C76H120O4/c1-13-15-17-19-21-23-25-27-29-31-33-35-37-39-41-53-73(77)79-69-59-67(7)71(75(9,10)61-69)57-55-65(5)51-45-49-63(3)47-43-44-48-64(4)50-46-52-66(6)56-58-72-68(8)60-70(62-76(72,11)12)80-74(78)54-42-40-38-36-34-32-30-28-26-24-22-20-18-16-14-2/h27-30,43-52,55-59,69-71H,13-26,31-42,53-54,60-62H2,1-12H3. The Morgan fingerprint density at radius 2 is 0.900 bits per heavy atom. The highest BCUT2D eigenvalue weighted by molar-refractivity contribution is 5.70. The number of rotatable bonds is 42. The lowest BCUT2D eigenvalue weighted by Gasteiger charge is -2.40. The number of ether oxygens (including phenoxy) is 2. The van der Waals surface area contributed by atoms with Crippen LogP contribution in [-0.4, -0.2) is 24.1 Å². The molecule has 0 saturated carbocycles. The highest BCUT2D eigenvalue weighted by Gasteiger charge is 2.37. The molecule has 0 spiro atoms. The maximum Gasteiger partial charge on any atom is 0.306 e. The topological polar surface area (TPSA) is 52.6 Å². The number of hydrogen-bond acceptors (Lipinski definition) is 4. The SMILES string of the molecule is CCCCCCCCC=CCCCCCCCC(=O)OC1C=C(C)C(C=CC(C)=CC=CC(C)=CC=CC=C(C)C=CC=C(C)C=CC2=C(C)CC(OC(=O)CCCCCCCC=CCCCCCCCC)CC2(C)C)C(C)(C)C1. The zero-order chi connectivity index (χ0) is 58.7. The third-order valence-corrected chi connectivity index (χ3v) is 16.2. The number of carbonyl (C=O) groups is 2. The first-order chi connectivity index (χ1) is 38.5. The van der Waals surface area contributed by atoms with Gasteiger partial charge in [0.1, 0.15) is 12.2 Å². The third-order valence-electron chi connectivity index (χ3n) is 16.2. The van der Waals surface area contributed by atoms with Gasteiger partial charge >= 0.3 is 11.9 Å². The summed E-state index contributed by atoms with van der Waals surface area (Å²) in [5, 5.41) is 0. The van der Waals surface area contributed by atoms with Gasteiger partial charge in [0, 0.05) is 25.2 Å². The van der Waals surface area contributed by atoms with Crippen molar-refractivity contribution < 1.29 is 19.1 Å². The van der Waals surface area contributed by atoms with Crippen LogP contribution in [0.25, 0.3) is 0 Å². The predicted octanol–water partition coefficient (Wildman–Crippen LogP) is 23.6. The molecule has 4 nitrogen and oxygen atoms in total. The Balaban J connectivity index is 1.71. The van der Waals surface area contributed by atoms with Gasteiger partial charge in [-0.3, -0.25) is 9.59 Å². The number of esters is 2. The van der Waals surface area contributed by atoms with Crippen molar-refractivity contribution in [3.63, 3.8) is 0 Å². The number of allylic oxidation sites excluding steroid dienone is 24. The van der Waals surface area contributed by atoms with E-state index in [0.717, 1.165) is 44.9 Å². The van der Waals surface area contributed by atoms with Crippen LogP contribution < -0.4 is 0 Å². The highest BCUT2D eigenvalue weighted by atomic mass is 16.5. The van der Waals surface area contributed by atoms with E-state index in [0.29, 0.717) is 18.8 Å². The Kier molecular flexibility index (Phi) is 39.6. The van der Waals surface area contributed by atoms with Gasteiger partial charge in [0.15, 0.2) is 0 Å². The summed E-state index contributed by atoms with van der Waals surface area (Å²) in [5.41, 5.74) is 8.60. The van der Waals surface area contributed by atoms with Gasteiger partial charge in [-0.05, 0) is 141 Å². The van der Waals surface area contributed by atoms with Crippen molar-refractivity contribution in [1.29, 1.82) is 0 Å². The molecular weight excluding hydrogens is 977 g/mol. The molecule has 3 unspecified atom stereocenters. The number of carbonyl (C=O) groups excluding carboxylic acids is 2. The van der Waals surface area contributed by atoms with Gasteiger partial charge in [0.05, 0.1) is 0 Å². The first-order valence-electron chi connectivity index (χ1n) is 32.6. The van der Waals surface area contributed by atoms with Crippen molar-refractivity contribution in [2.24, 2.45) is 16.7 Å². The average molecular weight is 1100 g/mol. The summed E-state index contributed by atoms with van der Waals surface area (Å²) in [4.78, 5) is 25.6. The third kappa shape index (κ3) is 35.4. The fourth-order valence-corrected chi connectivity index (χ4v) is 11.4. The minimum absolute atomic E-state index is 0.0127. The predicted molar refractivity (Wildman–Crippen MR) is 351 cm³/mol. The Bertz CT molecular complexity index is 2140. The molecule has 0 aromatic carbocycles. The summed E-state index contributed by atoms with van der Waals surface area (Å²) >= 11 is 0. The fraction of sp³-hybridized carbons (Fsp3) is 0.632. The van der Waals surface area contributed by atoms with E-state index in [1.54, 1.807) is 0 Å². The molecule has 3 atom stereocenters. The van der Waals surface area contributed by atoms with E-state index in [-0.39, 0.29) is 35.0 Å². The summed E-state index contributed by atoms with van der Waals surface area (Å²) in [5.74, 6) is 0.198. The molecule has 0 fully saturated rings. The molecule has 2 aliphatic rings. The quantitative estimate of drug-likeness (QED) is 0.0265. The summed E-state index contributed by atoms with van der Waals surface area (Å²) in [6.45, 7) is 26.6. The minimum Gasteiger partial charge on any atom is -0.462 e. The van der Waals surface area contributed by atoms with Crippen molar-refractivity contribution in [3.05, 3.63) is 154 Å². The molecule has 2 rings (SSSR count). The van der Waals surface area contributed by atoms with E-state index in [1.165, 1.54) is 180 Å². The van der Waals surface area contributed by atoms with E-state index in [1.807, 2.05) is 0 Å². The highest BCUT2D eigenvalue weighted by Crippen LogP contribution is 2.44. The molecule has 0 amide bonds. The molecule has 0 aliphatic heterocycles. The largest absolute Gasteiger partial charge is 0.462 e. The van der Waals surface area contributed by atoms with E-state index in [4.69, 9.17) is 9.47 Å². The van der Waals surface area contributed by atoms with Crippen molar-refractivity contribution in [2.75, 3.05) is 0 Å². The normalized spacial score (nSPS) is 19.6. The molecule has 80 heavy (non-hydrogen) atoms.